The zero-order valence-corrected chi connectivity index (χ0v) is 16.9. The largest absolute Gasteiger partial charge is 0.457 e. The number of nitrogens with zero attached hydrogens (tertiary/aromatic N) is 3. The van der Waals surface area contributed by atoms with Gasteiger partial charge in [-0.25, -0.2) is 4.98 Å². The van der Waals surface area contributed by atoms with Crippen LogP contribution in [0.1, 0.15) is 10.8 Å². The number of halogens is 1. The van der Waals surface area contributed by atoms with Crippen LogP contribution < -0.4 is 0 Å². The number of allylic oxidation sites excluding steroid dienone is 1. The minimum atomic E-state index is -0.457. The van der Waals surface area contributed by atoms with E-state index in [0.29, 0.717) is 32.7 Å². The van der Waals surface area contributed by atoms with Gasteiger partial charge >= 0.3 is 0 Å². The van der Waals surface area contributed by atoms with Crippen molar-refractivity contribution >= 4 is 40.3 Å². The molecule has 0 unspecified atom stereocenters. The number of hydrogen-bond donors (Lipinski definition) is 0. The van der Waals surface area contributed by atoms with Crippen molar-refractivity contribution in [3.63, 3.8) is 0 Å². The van der Waals surface area contributed by atoms with Crippen LogP contribution in [0.15, 0.2) is 70.5 Å². The average molecular weight is 434 g/mol. The Morgan fingerprint density at radius 3 is 2.70 bits per heavy atom. The lowest BCUT2D eigenvalue weighted by Crippen LogP contribution is -1.87. The van der Waals surface area contributed by atoms with Crippen molar-refractivity contribution in [2.75, 3.05) is 0 Å². The Morgan fingerprint density at radius 1 is 1.17 bits per heavy atom. The number of furan rings is 1. The third-order valence-corrected chi connectivity index (χ3v) is 5.38. The second-order valence-electron chi connectivity index (χ2n) is 6.22. The van der Waals surface area contributed by atoms with Crippen molar-refractivity contribution in [3.8, 4) is 28.7 Å². The Labute approximate surface area is 180 Å². The van der Waals surface area contributed by atoms with E-state index < -0.39 is 4.92 Å². The van der Waals surface area contributed by atoms with Gasteiger partial charge in [-0.2, -0.15) is 5.26 Å². The van der Waals surface area contributed by atoms with Gasteiger partial charge < -0.3 is 4.42 Å². The summed E-state index contributed by atoms with van der Waals surface area (Å²) in [5, 5.41) is 23.6. The standard InChI is InChI=1S/C22H12ClN3O3S/c23-17-6-4-14(5-7-17)20-13-30-22(25-20)16(12-24)11-19-8-9-21(29-19)15-2-1-3-18(10-15)26(27)28/h1-11,13H. The van der Waals surface area contributed by atoms with Crippen LogP contribution in [0.5, 0.6) is 0 Å². The van der Waals surface area contributed by atoms with Crippen LogP contribution in [-0.2, 0) is 0 Å². The second kappa shape index (κ2) is 8.33. The lowest BCUT2D eigenvalue weighted by Gasteiger charge is -1.97. The zero-order valence-electron chi connectivity index (χ0n) is 15.3. The maximum atomic E-state index is 11.0. The predicted octanol–water partition coefficient (Wildman–Crippen LogP) is 6.70. The first kappa shape index (κ1) is 19.6. The number of nitro groups is 1. The van der Waals surface area contributed by atoms with Crippen molar-refractivity contribution in [1.29, 1.82) is 5.26 Å². The number of thiazole rings is 1. The van der Waals surface area contributed by atoms with Crippen LogP contribution in [0.25, 0.3) is 34.2 Å². The maximum Gasteiger partial charge on any atom is 0.270 e. The molecule has 0 bridgehead atoms. The summed E-state index contributed by atoms with van der Waals surface area (Å²) in [6.45, 7) is 0. The topological polar surface area (TPSA) is 93.0 Å². The molecule has 0 saturated heterocycles. The summed E-state index contributed by atoms with van der Waals surface area (Å²) < 4.78 is 5.77. The predicted molar refractivity (Wildman–Crippen MR) is 117 cm³/mol. The summed E-state index contributed by atoms with van der Waals surface area (Å²) in [5.74, 6) is 0.930. The molecule has 0 N–H and O–H groups in total. The quantitative estimate of drug-likeness (QED) is 0.198. The van der Waals surface area contributed by atoms with Crippen LogP contribution in [0.2, 0.25) is 5.02 Å². The first-order valence-corrected chi connectivity index (χ1v) is 9.97. The number of nitriles is 1. The fourth-order valence-electron chi connectivity index (χ4n) is 2.79. The Morgan fingerprint density at radius 2 is 1.97 bits per heavy atom. The molecule has 0 aliphatic rings. The summed E-state index contributed by atoms with van der Waals surface area (Å²) >= 11 is 7.28. The smallest absolute Gasteiger partial charge is 0.270 e. The van der Waals surface area contributed by atoms with E-state index in [1.165, 1.54) is 23.5 Å². The van der Waals surface area contributed by atoms with E-state index >= 15 is 0 Å². The molecule has 0 radical (unpaired) electrons. The molecular weight excluding hydrogens is 422 g/mol. The van der Waals surface area contributed by atoms with Gasteiger partial charge in [0.1, 0.15) is 22.6 Å². The maximum absolute atomic E-state index is 11.0. The van der Waals surface area contributed by atoms with Crippen LogP contribution in [0, 0.1) is 21.4 Å². The SMILES string of the molecule is N#CC(=Cc1ccc(-c2cccc([N+](=O)[O-])c2)o1)c1nc(-c2ccc(Cl)cc2)cs1. The molecule has 4 rings (SSSR count). The van der Waals surface area contributed by atoms with Crippen molar-refractivity contribution in [1.82, 2.24) is 4.98 Å². The fourth-order valence-corrected chi connectivity index (χ4v) is 3.71. The van der Waals surface area contributed by atoms with E-state index in [1.54, 1.807) is 42.5 Å². The Hall–Kier alpha value is -3.73. The zero-order chi connectivity index (χ0) is 21.1. The Kier molecular flexibility index (Phi) is 5.44. The highest BCUT2D eigenvalue weighted by molar-refractivity contribution is 7.11. The van der Waals surface area contributed by atoms with Crippen molar-refractivity contribution < 1.29 is 9.34 Å². The molecule has 6 nitrogen and oxygen atoms in total. The van der Waals surface area contributed by atoms with E-state index in [4.69, 9.17) is 16.0 Å². The van der Waals surface area contributed by atoms with Crippen molar-refractivity contribution in [3.05, 3.63) is 91.9 Å². The number of aromatic nitrogens is 1. The molecule has 4 aromatic rings. The first-order valence-electron chi connectivity index (χ1n) is 8.72. The van der Waals surface area contributed by atoms with E-state index in [-0.39, 0.29) is 5.69 Å². The molecule has 0 fully saturated rings. The van der Waals surface area contributed by atoms with Crippen LogP contribution in [-0.4, -0.2) is 9.91 Å². The molecule has 0 atom stereocenters. The summed E-state index contributed by atoms with van der Waals surface area (Å²) in [6, 6.07) is 19.1. The monoisotopic (exact) mass is 433 g/mol. The van der Waals surface area contributed by atoms with E-state index in [0.717, 1.165) is 11.3 Å². The van der Waals surface area contributed by atoms with Gasteiger partial charge in [0.15, 0.2) is 0 Å². The van der Waals surface area contributed by atoms with Crippen LogP contribution in [0.3, 0.4) is 0 Å². The lowest BCUT2D eigenvalue weighted by atomic mass is 10.1. The van der Waals surface area contributed by atoms with Gasteiger partial charge in [0.05, 0.1) is 16.2 Å². The summed E-state index contributed by atoms with van der Waals surface area (Å²) in [5.41, 5.74) is 2.59. The number of non-ortho nitro benzene ring substituents is 1. The normalized spacial score (nSPS) is 11.3. The highest BCUT2D eigenvalue weighted by Crippen LogP contribution is 2.30. The molecule has 2 aromatic carbocycles. The van der Waals surface area contributed by atoms with Crippen molar-refractivity contribution in [2.45, 2.75) is 0 Å². The van der Waals surface area contributed by atoms with Crippen LogP contribution in [0.4, 0.5) is 5.69 Å². The molecule has 146 valence electrons. The Balaban J connectivity index is 1.61. The summed E-state index contributed by atoms with van der Waals surface area (Å²) in [4.78, 5) is 15.1. The molecule has 0 aliphatic carbocycles. The molecule has 8 heteroatoms. The van der Waals surface area contributed by atoms with Gasteiger partial charge in [-0.3, -0.25) is 10.1 Å². The minimum absolute atomic E-state index is 0.0174. The van der Waals surface area contributed by atoms with Gasteiger partial charge in [-0.15, -0.1) is 11.3 Å². The average Bonchev–Trinajstić information content (AvgIpc) is 3.43. The number of nitro benzene ring substituents is 1. The molecule has 2 heterocycles. The molecule has 0 amide bonds. The van der Waals surface area contributed by atoms with E-state index in [2.05, 4.69) is 11.1 Å². The van der Waals surface area contributed by atoms with E-state index in [9.17, 15) is 15.4 Å². The second-order valence-corrected chi connectivity index (χ2v) is 7.52. The van der Waals surface area contributed by atoms with Crippen molar-refractivity contribution in [2.24, 2.45) is 0 Å². The molecule has 30 heavy (non-hydrogen) atoms. The highest BCUT2D eigenvalue weighted by atomic mass is 35.5. The van der Waals surface area contributed by atoms with Crippen LogP contribution >= 0.6 is 22.9 Å². The highest BCUT2D eigenvalue weighted by Gasteiger charge is 2.12. The van der Waals surface area contributed by atoms with E-state index in [1.807, 2.05) is 17.5 Å². The van der Waals surface area contributed by atoms with Gasteiger partial charge in [-0.1, -0.05) is 35.9 Å². The third kappa shape index (κ3) is 4.15. The summed E-state index contributed by atoms with van der Waals surface area (Å²) in [7, 11) is 0. The number of rotatable bonds is 5. The molecule has 0 spiro atoms. The summed E-state index contributed by atoms with van der Waals surface area (Å²) in [6.07, 6.45) is 1.60. The Bertz CT molecular complexity index is 1300. The number of benzene rings is 2. The van der Waals surface area contributed by atoms with Gasteiger partial charge in [-0.05, 0) is 24.3 Å². The van der Waals surface area contributed by atoms with Gasteiger partial charge in [0.2, 0.25) is 0 Å². The first-order chi connectivity index (χ1) is 14.5. The van der Waals surface area contributed by atoms with Gasteiger partial charge in [0.25, 0.3) is 5.69 Å². The molecular formula is C22H12ClN3O3S. The molecule has 2 aromatic heterocycles. The molecule has 0 aliphatic heterocycles. The lowest BCUT2D eigenvalue weighted by molar-refractivity contribution is -0.384. The van der Waals surface area contributed by atoms with Gasteiger partial charge in [0, 0.05) is 39.7 Å². The number of hydrogen-bond acceptors (Lipinski definition) is 6. The third-order valence-electron chi connectivity index (χ3n) is 4.25. The molecule has 0 saturated carbocycles. The minimum Gasteiger partial charge on any atom is -0.457 e. The fraction of sp³-hybridized carbons (Fsp3) is 0.